The van der Waals surface area contributed by atoms with Crippen LogP contribution in [0.2, 0.25) is 0 Å². The highest BCUT2D eigenvalue weighted by Crippen LogP contribution is 2.13. The van der Waals surface area contributed by atoms with E-state index in [1.165, 1.54) is 70.6 Å². The molecular weight excluding hydrogens is 578 g/mol. The number of carbonyl (C=O) groups is 1. The van der Waals surface area contributed by atoms with Gasteiger partial charge in [-0.25, -0.2) is 0 Å². The number of amides is 1. The molecule has 0 rings (SSSR count). The molecular formula is C43H73NO3. The summed E-state index contributed by atoms with van der Waals surface area (Å²) in [4.78, 5) is 12.2. The molecule has 0 saturated heterocycles. The van der Waals surface area contributed by atoms with Crippen molar-refractivity contribution in [3.63, 3.8) is 0 Å². The molecule has 47 heavy (non-hydrogen) atoms. The van der Waals surface area contributed by atoms with Crippen LogP contribution in [0.25, 0.3) is 0 Å². The topological polar surface area (TPSA) is 69.6 Å². The van der Waals surface area contributed by atoms with E-state index in [1.54, 1.807) is 6.08 Å². The van der Waals surface area contributed by atoms with Gasteiger partial charge in [-0.1, -0.05) is 176 Å². The van der Waals surface area contributed by atoms with Crippen molar-refractivity contribution in [3.8, 4) is 0 Å². The molecule has 1 amide bonds. The van der Waals surface area contributed by atoms with Crippen molar-refractivity contribution in [1.29, 1.82) is 0 Å². The standard InChI is InChI=1S/C43H73NO3/c1-3-5-7-9-10-11-12-13-14-15-16-17-18-19-20-21-22-23-24-25-26-27-28-29-30-31-32-33-34-35-37-39-43(47)44-41(40-45)42(46)38-36-8-6-4-2/h5,7,10-11,13-14,16-17,19-20,22-23,36,38,41-42,45-46H,3-4,6,8-9,12,15,18,21,24-35,37,39-40H2,1-2H3,(H,44,47)/b7-5-,11-10-,14-13-,17-16-,20-19-,23-22-,38-36+. The average Bonchev–Trinajstić information content (AvgIpc) is 3.08. The summed E-state index contributed by atoms with van der Waals surface area (Å²) in [5, 5.41) is 22.5. The van der Waals surface area contributed by atoms with E-state index in [2.05, 4.69) is 92.1 Å². The molecule has 2 unspecified atom stereocenters. The fourth-order valence-electron chi connectivity index (χ4n) is 5.16. The third kappa shape index (κ3) is 34.7. The molecule has 0 aromatic rings. The van der Waals surface area contributed by atoms with Gasteiger partial charge in [-0.3, -0.25) is 4.79 Å². The lowest BCUT2D eigenvalue weighted by Gasteiger charge is -2.19. The van der Waals surface area contributed by atoms with Crippen molar-refractivity contribution in [1.82, 2.24) is 5.32 Å². The Bertz CT molecular complexity index is 879. The van der Waals surface area contributed by atoms with Crippen LogP contribution >= 0.6 is 0 Å². The van der Waals surface area contributed by atoms with E-state index in [4.69, 9.17) is 0 Å². The van der Waals surface area contributed by atoms with Gasteiger partial charge >= 0.3 is 0 Å². The zero-order chi connectivity index (χ0) is 34.3. The highest BCUT2D eigenvalue weighted by atomic mass is 16.3. The van der Waals surface area contributed by atoms with Gasteiger partial charge in [0.25, 0.3) is 0 Å². The molecule has 0 fully saturated rings. The lowest BCUT2D eigenvalue weighted by Crippen LogP contribution is -2.45. The zero-order valence-electron chi connectivity index (χ0n) is 30.5. The normalized spacial score (nSPS) is 14.0. The summed E-state index contributed by atoms with van der Waals surface area (Å²) in [6, 6.07) is -0.622. The van der Waals surface area contributed by atoms with Crippen LogP contribution in [0.1, 0.15) is 162 Å². The van der Waals surface area contributed by atoms with Crippen molar-refractivity contribution in [3.05, 3.63) is 85.1 Å². The number of rotatable bonds is 33. The summed E-state index contributed by atoms with van der Waals surface area (Å²) in [5.74, 6) is -0.0811. The third-order valence-corrected chi connectivity index (χ3v) is 8.13. The molecule has 0 aliphatic carbocycles. The fraction of sp³-hybridized carbons (Fsp3) is 0.651. The van der Waals surface area contributed by atoms with Crippen LogP contribution in [-0.4, -0.2) is 34.9 Å². The second kappa shape index (κ2) is 38.0. The van der Waals surface area contributed by atoms with E-state index >= 15 is 0 Å². The number of allylic oxidation sites excluding steroid dienone is 13. The Morgan fingerprint density at radius 1 is 0.532 bits per heavy atom. The molecule has 0 aliphatic rings. The summed E-state index contributed by atoms with van der Waals surface area (Å²) < 4.78 is 0. The molecule has 0 bridgehead atoms. The molecule has 2 atom stereocenters. The van der Waals surface area contributed by atoms with Crippen LogP contribution in [0, 0.1) is 0 Å². The average molecular weight is 652 g/mol. The lowest BCUT2D eigenvalue weighted by atomic mass is 10.0. The molecule has 0 spiro atoms. The van der Waals surface area contributed by atoms with Gasteiger partial charge in [0.15, 0.2) is 0 Å². The van der Waals surface area contributed by atoms with Gasteiger partial charge in [0.05, 0.1) is 18.8 Å². The van der Waals surface area contributed by atoms with Crippen LogP contribution in [0.4, 0.5) is 0 Å². The molecule has 4 nitrogen and oxygen atoms in total. The second-order valence-electron chi connectivity index (χ2n) is 12.6. The largest absolute Gasteiger partial charge is 0.394 e. The van der Waals surface area contributed by atoms with Crippen LogP contribution in [-0.2, 0) is 4.79 Å². The van der Waals surface area contributed by atoms with Gasteiger partial charge in [0, 0.05) is 6.42 Å². The first-order valence-electron chi connectivity index (χ1n) is 19.3. The van der Waals surface area contributed by atoms with Crippen molar-refractivity contribution >= 4 is 5.91 Å². The van der Waals surface area contributed by atoms with E-state index in [9.17, 15) is 15.0 Å². The van der Waals surface area contributed by atoms with E-state index in [0.717, 1.165) is 70.6 Å². The SMILES string of the molecule is CC/C=C\C/C=C\C/C=C\C/C=C\C/C=C\C/C=C\CCCCCCCCCCCCCCC(=O)NC(CO)C(O)/C=C/CCCC. The van der Waals surface area contributed by atoms with Gasteiger partial charge in [0.2, 0.25) is 5.91 Å². The highest BCUT2D eigenvalue weighted by Gasteiger charge is 2.17. The maximum Gasteiger partial charge on any atom is 0.220 e. The fourth-order valence-corrected chi connectivity index (χ4v) is 5.16. The Morgan fingerprint density at radius 2 is 0.936 bits per heavy atom. The lowest BCUT2D eigenvalue weighted by molar-refractivity contribution is -0.123. The number of hydrogen-bond donors (Lipinski definition) is 3. The molecule has 3 N–H and O–H groups in total. The third-order valence-electron chi connectivity index (χ3n) is 8.13. The number of aliphatic hydroxyl groups is 2. The van der Waals surface area contributed by atoms with Crippen LogP contribution in [0.15, 0.2) is 85.1 Å². The number of aliphatic hydroxyl groups excluding tert-OH is 2. The van der Waals surface area contributed by atoms with Crippen molar-refractivity contribution < 1.29 is 15.0 Å². The summed E-state index contributed by atoms with van der Waals surface area (Å²) >= 11 is 0. The minimum atomic E-state index is -0.839. The monoisotopic (exact) mass is 652 g/mol. The highest BCUT2D eigenvalue weighted by molar-refractivity contribution is 5.76. The Hall–Kier alpha value is -2.43. The minimum absolute atomic E-state index is 0.0811. The Labute approximate surface area is 291 Å². The van der Waals surface area contributed by atoms with Crippen LogP contribution < -0.4 is 5.32 Å². The zero-order valence-corrected chi connectivity index (χ0v) is 30.5. The second-order valence-corrected chi connectivity index (χ2v) is 12.6. The molecule has 0 aliphatic heterocycles. The quantitative estimate of drug-likeness (QED) is 0.0488. The Kier molecular flexibility index (Phi) is 36.1. The van der Waals surface area contributed by atoms with E-state index in [1.807, 2.05) is 6.08 Å². The number of nitrogens with one attached hydrogen (secondary N) is 1. The minimum Gasteiger partial charge on any atom is -0.394 e. The first kappa shape index (κ1) is 44.6. The summed E-state index contributed by atoms with van der Waals surface area (Å²) in [7, 11) is 0. The smallest absolute Gasteiger partial charge is 0.220 e. The number of hydrogen-bond acceptors (Lipinski definition) is 3. The van der Waals surface area contributed by atoms with Gasteiger partial charge < -0.3 is 15.5 Å². The molecule has 0 radical (unpaired) electrons. The van der Waals surface area contributed by atoms with Crippen molar-refractivity contribution in [2.45, 2.75) is 174 Å². The molecule has 0 saturated carbocycles. The first-order chi connectivity index (χ1) is 23.2. The van der Waals surface area contributed by atoms with Gasteiger partial charge in [-0.05, 0) is 64.2 Å². The van der Waals surface area contributed by atoms with E-state index < -0.39 is 12.1 Å². The van der Waals surface area contributed by atoms with Crippen molar-refractivity contribution in [2.24, 2.45) is 0 Å². The number of carbonyl (C=O) groups excluding carboxylic acids is 1. The molecule has 0 aromatic carbocycles. The Morgan fingerprint density at radius 3 is 1.38 bits per heavy atom. The first-order valence-corrected chi connectivity index (χ1v) is 19.3. The summed E-state index contributed by atoms with van der Waals surface area (Å²) in [6.45, 7) is 4.04. The molecule has 0 aromatic heterocycles. The van der Waals surface area contributed by atoms with E-state index in [-0.39, 0.29) is 12.5 Å². The predicted octanol–water partition coefficient (Wildman–Crippen LogP) is 11.7. The maximum absolute atomic E-state index is 12.2. The number of unbranched alkanes of at least 4 members (excludes halogenated alkanes) is 14. The molecule has 0 heterocycles. The predicted molar refractivity (Wildman–Crippen MR) is 207 cm³/mol. The van der Waals surface area contributed by atoms with Gasteiger partial charge in [0.1, 0.15) is 0 Å². The Balaban J connectivity index is 3.50. The molecule has 268 valence electrons. The molecule has 4 heteroatoms. The van der Waals surface area contributed by atoms with Crippen molar-refractivity contribution in [2.75, 3.05) is 6.61 Å². The van der Waals surface area contributed by atoms with E-state index in [0.29, 0.717) is 6.42 Å². The van der Waals surface area contributed by atoms with Crippen LogP contribution in [0.5, 0.6) is 0 Å². The van der Waals surface area contributed by atoms with Gasteiger partial charge in [-0.2, -0.15) is 0 Å². The maximum atomic E-state index is 12.2. The summed E-state index contributed by atoms with van der Waals surface area (Å²) in [5.41, 5.74) is 0. The van der Waals surface area contributed by atoms with Crippen LogP contribution in [0.3, 0.4) is 0 Å². The summed E-state index contributed by atoms with van der Waals surface area (Å²) in [6.07, 6.45) is 55.8. The van der Waals surface area contributed by atoms with Gasteiger partial charge in [-0.15, -0.1) is 0 Å².